The third kappa shape index (κ3) is 7.08. The zero-order valence-corrected chi connectivity index (χ0v) is 20.0. The number of carbonyl (C=O) groups excluding carboxylic acids is 1. The molecule has 1 fully saturated rings. The van der Waals surface area contributed by atoms with Crippen molar-refractivity contribution in [2.24, 2.45) is 0 Å². The van der Waals surface area contributed by atoms with E-state index in [9.17, 15) is 18.3 Å². The number of β-amino-alcohol motifs (C(OH)–C–C–N with tert-alkyl or cyclic N) is 1. The molecule has 1 saturated heterocycles. The van der Waals surface area contributed by atoms with Gasteiger partial charge in [0.1, 0.15) is 11.9 Å². The summed E-state index contributed by atoms with van der Waals surface area (Å²) in [5.41, 5.74) is 0.338. The van der Waals surface area contributed by atoms with Crippen LogP contribution in [-0.4, -0.2) is 69.0 Å². The van der Waals surface area contributed by atoms with Gasteiger partial charge in [-0.05, 0) is 49.2 Å². The summed E-state index contributed by atoms with van der Waals surface area (Å²) in [6.45, 7) is 2.08. The first-order chi connectivity index (χ1) is 15.1. The minimum atomic E-state index is -3.31. The number of ether oxygens (including phenoxy) is 1. The number of amides is 1. The van der Waals surface area contributed by atoms with Crippen molar-refractivity contribution >= 4 is 38.9 Å². The highest BCUT2D eigenvalue weighted by atomic mass is 35.5. The zero-order valence-electron chi connectivity index (χ0n) is 17.6. The number of sulfone groups is 1. The molecular weight excluding hydrogens is 475 g/mol. The van der Waals surface area contributed by atoms with Gasteiger partial charge in [-0.15, -0.1) is 0 Å². The van der Waals surface area contributed by atoms with Crippen LogP contribution in [0, 0.1) is 0 Å². The van der Waals surface area contributed by atoms with Gasteiger partial charge in [-0.1, -0.05) is 23.2 Å². The molecule has 1 aliphatic rings. The van der Waals surface area contributed by atoms with E-state index in [1.54, 1.807) is 18.2 Å². The second kappa shape index (κ2) is 10.9. The van der Waals surface area contributed by atoms with E-state index in [4.69, 9.17) is 27.9 Å². The minimum absolute atomic E-state index is 0.0650. The normalized spacial score (nSPS) is 16.5. The van der Waals surface area contributed by atoms with Crippen LogP contribution in [0.25, 0.3) is 0 Å². The molecule has 1 amide bonds. The highest BCUT2D eigenvalue weighted by molar-refractivity contribution is 7.90. The quantitative estimate of drug-likeness (QED) is 0.578. The molecule has 2 aromatic carbocycles. The summed E-state index contributed by atoms with van der Waals surface area (Å²) in [5.74, 6) is 0.322. The fourth-order valence-electron chi connectivity index (χ4n) is 3.48. The number of piperidine rings is 1. The van der Waals surface area contributed by atoms with Gasteiger partial charge < -0.3 is 20.1 Å². The monoisotopic (exact) mass is 500 g/mol. The summed E-state index contributed by atoms with van der Waals surface area (Å²) >= 11 is 12.0. The van der Waals surface area contributed by atoms with Crippen molar-refractivity contribution < 1.29 is 23.1 Å². The van der Waals surface area contributed by atoms with E-state index in [0.29, 0.717) is 27.9 Å². The second-order valence-electron chi connectivity index (χ2n) is 7.85. The van der Waals surface area contributed by atoms with E-state index in [0.717, 1.165) is 32.2 Å². The lowest BCUT2D eigenvalue weighted by atomic mass is 10.1. The summed E-state index contributed by atoms with van der Waals surface area (Å²) in [6.07, 6.45) is 2.08. The van der Waals surface area contributed by atoms with E-state index in [-0.39, 0.29) is 23.5 Å². The Kier molecular flexibility index (Phi) is 8.41. The van der Waals surface area contributed by atoms with E-state index in [1.165, 1.54) is 24.3 Å². The molecule has 1 aliphatic heterocycles. The van der Waals surface area contributed by atoms with Crippen LogP contribution in [0.4, 0.5) is 0 Å². The number of hydrogen-bond donors (Lipinski definition) is 2. The first-order valence-corrected chi connectivity index (χ1v) is 12.9. The number of carbonyl (C=O) groups is 1. The number of nitrogens with zero attached hydrogens (tertiary/aromatic N) is 1. The fourth-order valence-corrected chi connectivity index (χ4v) is 4.40. The molecular formula is C22H26Cl2N2O5S. The molecule has 0 bridgehead atoms. The first kappa shape index (κ1) is 24.8. The third-order valence-corrected chi connectivity index (χ3v) is 7.11. The molecule has 32 heavy (non-hydrogen) atoms. The van der Waals surface area contributed by atoms with Crippen molar-refractivity contribution in [3.8, 4) is 5.75 Å². The number of aliphatic hydroxyl groups is 1. The van der Waals surface area contributed by atoms with Crippen molar-refractivity contribution in [2.75, 3.05) is 32.4 Å². The maximum absolute atomic E-state index is 12.2. The number of rotatable bonds is 8. The lowest BCUT2D eigenvalue weighted by molar-refractivity contribution is 0.0594. The largest absolute Gasteiger partial charge is 0.490 e. The Morgan fingerprint density at radius 2 is 1.81 bits per heavy atom. The van der Waals surface area contributed by atoms with Gasteiger partial charge in [0.2, 0.25) is 0 Å². The average Bonchev–Trinajstić information content (AvgIpc) is 2.75. The minimum Gasteiger partial charge on any atom is -0.490 e. The Hall–Kier alpha value is -1.84. The molecule has 7 nitrogen and oxygen atoms in total. The highest BCUT2D eigenvalue weighted by Gasteiger charge is 2.23. The number of hydrogen-bond acceptors (Lipinski definition) is 6. The maximum atomic E-state index is 12.2. The van der Waals surface area contributed by atoms with Crippen LogP contribution in [0.15, 0.2) is 47.4 Å². The predicted molar refractivity (Wildman–Crippen MR) is 124 cm³/mol. The Morgan fingerprint density at radius 1 is 1.16 bits per heavy atom. The molecule has 0 spiro atoms. The predicted octanol–water partition coefficient (Wildman–Crippen LogP) is 3.03. The van der Waals surface area contributed by atoms with Crippen LogP contribution in [-0.2, 0) is 9.84 Å². The number of benzene rings is 2. The summed E-state index contributed by atoms with van der Waals surface area (Å²) < 4.78 is 29.0. The zero-order chi connectivity index (χ0) is 23.3. The molecule has 0 aliphatic carbocycles. The van der Waals surface area contributed by atoms with Gasteiger partial charge in [-0.2, -0.15) is 0 Å². The Morgan fingerprint density at radius 3 is 2.41 bits per heavy atom. The van der Waals surface area contributed by atoms with Crippen LogP contribution in [0.2, 0.25) is 10.0 Å². The van der Waals surface area contributed by atoms with E-state index < -0.39 is 15.9 Å². The third-order valence-electron chi connectivity index (χ3n) is 5.24. The summed E-state index contributed by atoms with van der Waals surface area (Å²) in [5, 5.41) is 13.9. The van der Waals surface area contributed by atoms with Gasteiger partial charge in [0.25, 0.3) is 5.91 Å². The smallest absolute Gasteiger partial charge is 0.251 e. The topological polar surface area (TPSA) is 95.9 Å². The number of likely N-dealkylation sites (tertiary alicyclic amines) is 1. The van der Waals surface area contributed by atoms with E-state index in [1.807, 2.05) is 0 Å². The number of halogens is 2. The molecule has 0 radical (unpaired) electrons. The lowest BCUT2D eigenvalue weighted by Crippen LogP contribution is -2.45. The van der Waals surface area contributed by atoms with Gasteiger partial charge in [0.05, 0.1) is 21.0 Å². The molecule has 10 heteroatoms. The standard InChI is InChI=1S/C22H26Cl2N2O5S/c1-32(29,30)19-5-2-15(3-6-19)22(28)25-13-16(27)14-26-10-8-17(9-11-26)31-18-4-7-20(23)21(24)12-18/h2-7,12,16-17,27H,8-11,13-14H2,1H3,(H,25,28). The molecule has 0 saturated carbocycles. The second-order valence-corrected chi connectivity index (χ2v) is 10.7. The molecule has 1 atom stereocenters. The van der Waals surface area contributed by atoms with Crippen LogP contribution in [0.3, 0.4) is 0 Å². The van der Waals surface area contributed by atoms with Gasteiger partial charge in [-0.25, -0.2) is 8.42 Å². The van der Waals surface area contributed by atoms with E-state index >= 15 is 0 Å². The molecule has 174 valence electrons. The van der Waals surface area contributed by atoms with Crippen LogP contribution in [0.1, 0.15) is 23.2 Å². The van der Waals surface area contributed by atoms with E-state index in [2.05, 4.69) is 10.2 Å². The summed E-state index contributed by atoms with van der Waals surface area (Å²) in [6, 6.07) is 10.9. The lowest BCUT2D eigenvalue weighted by Gasteiger charge is -2.33. The molecule has 0 aromatic heterocycles. The van der Waals surface area contributed by atoms with Crippen LogP contribution in [0.5, 0.6) is 5.75 Å². The number of aliphatic hydroxyl groups excluding tert-OH is 1. The average molecular weight is 501 g/mol. The van der Waals surface area contributed by atoms with Gasteiger partial charge >= 0.3 is 0 Å². The molecule has 1 unspecified atom stereocenters. The van der Waals surface area contributed by atoms with Crippen molar-refractivity contribution in [1.82, 2.24) is 10.2 Å². The molecule has 2 aromatic rings. The van der Waals surface area contributed by atoms with Crippen LogP contribution >= 0.6 is 23.2 Å². The van der Waals surface area contributed by atoms with Crippen LogP contribution < -0.4 is 10.1 Å². The van der Waals surface area contributed by atoms with Gasteiger partial charge in [0, 0.05) is 44.1 Å². The summed E-state index contributed by atoms with van der Waals surface area (Å²) in [4.78, 5) is 14.5. The Labute approximate surface area is 198 Å². The number of nitrogens with one attached hydrogen (secondary N) is 1. The molecule has 2 N–H and O–H groups in total. The van der Waals surface area contributed by atoms with Crippen molar-refractivity contribution in [3.63, 3.8) is 0 Å². The van der Waals surface area contributed by atoms with Crippen molar-refractivity contribution in [2.45, 2.75) is 29.9 Å². The first-order valence-electron chi connectivity index (χ1n) is 10.2. The fraction of sp³-hybridized carbons (Fsp3) is 0.409. The Bertz CT molecular complexity index is 1040. The Balaban J connectivity index is 1.39. The van der Waals surface area contributed by atoms with Crippen molar-refractivity contribution in [1.29, 1.82) is 0 Å². The van der Waals surface area contributed by atoms with Gasteiger partial charge in [0.15, 0.2) is 9.84 Å². The molecule has 3 rings (SSSR count). The molecule has 1 heterocycles. The highest BCUT2D eigenvalue weighted by Crippen LogP contribution is 2.28. The SMILES string of the molecule is CS(=O)(=O)c1ccc(C(=O)NCC(O)CN2CCC(Oc3ccc(Cl)c(Cl)c3)CC2)cc1. The van der Waals surface area contributed by atoms with Crippen molar-refractivity contribution in [3.05, 3.63) is 58.1 Å². The van der Waals surface area contributed by atoms with Gasteiger partial charge in [-0.3, -0.25) is 4.79 Å². The summed E-state index contributed by atoms with van der Waals surface area (Å²) in [7, 11) is -3.31. The maximum Gasteiger partial charge on any atom is 0.251 e.